The Hall–Kier alpha value is -13.5. The van der Waals surface area contributed by atoms with Gasteiger partial charge in [0.15, 0.2) is 0 Å². The SMILES string of the molecule is Cc1ccc(NC(=O)c2c(C)ccc(-c3cccc4c3C(C)(C)C(=O)N4c3ncccn3)c2F)cc1.Cc1ccc(NC(=O)c2cc(-c3cccc4c3C(C)(C)C(=O)N4c3ncccn3)ncc2C(F)(F)F)cc1.Cc1ccc(NC(=O)c2nc(-c3cccc4c3C(C)(C)C(=O)N4c3cnc[nH]3)ccc2C(F)(F)F)cc1. The van der Waals surface area contributed by atoms with Crippen LogP contribution in [0.1, 0.15) is 123 Å². The van der Waals surface area contributed by atoms with Crippen molar-refractivity contribution in [1.29, 1.82) is 0 Å². The summed E-state index contributed by atoms with van der Waals surface area (Å²) in [7, 11) is 0. The van der Waals surface area contributed by atoms with E-state index >= 15 is 4.39 Å². The molecule has 0 saturated carbocycles. The maximum atomic E-state index is 16.1. The van der Waals surface area contributed by atoms with Gasteiger partial charge >= 0.3 is 12.4 Å². The molecular formula is C84H69F7N14O6. The first-order valence-corrected chi connectivity index (χ1v) is 34.7. The average molecular weight is 1500 g/mol. The minimum Gasteiger partial charge on any atom is -0.331 e. The van der Waals surface area contributed by atoms with Gasteiger partial charge in [0.1, 0.15) is 17.3 Å². The fraction of sp³-hybridized carbons (Fsp3) is 0.179. The molecule has 4 N–H and O–H groups in total. The molecule has 6 amide bonds. The Labute approximate surface area is 632 Å². The highest BCUT2D eigenvalue weighted by Gasteiger charge is 2.51. The summed E-state index contributed by atoms with van der Waals surface area (Å²) in [5, 5.41) is 7.83. The van der Waals surface area contributed by atoms with E-state index in [1.807, 2.05) is 32.9 Å². The first kappa shape index (κ1) is 75.8. The van der Waals surface area contributed by atoms with E-state index in [1.165, 1.54) is 45.7 Å². The van der Waals surface area contributed by atoms with Crippen molar-refractivity contribution in [2.45, 2.75) is 97.8 Å². The normalized spacial score (nSPS) is 14.3. The summed E-state index contributed by atoms with van der Waals surface area (Å²) >= 11 is 0. The second-order valence-corrected chi connectivity index (χ2v) is 28.2. The Morgan fingerprint density at radius 1 is 0.432 bits per heavy atom. The molecule has 0 saturated heterocycles. The van der Waals surface area contributed by atoms with Crippen LogP contribution in [0.2, 0.25) is 0 Å². The van der Waals surface area contributed by atoms with E-state index in [0.717, 1.165) is 28.8 Å². The Morgan fingerprint density at radius 3 is 1.32 bits per heavy atom. The highest BCUT2D eigenvalue weighted by atomic mass is 19.4. The van der Waals surface area contributed by atoms with Gasteiger partial charge in [-0.2, -0.15) is 26.3 Å². The van der Waals surface area contributed by atoms with Crippen molar-refractivity contribution in [2.75, 3.05) is 30.7 Å². The number of carbonyl (C=O) groups is 6. The number of halogens is 7. The van der Waals surface area contributed by atoms with Crippen LogP contribution in [0.5, 0.6) is 0 Å². The molecule has 0 bridgehead atoms. The molecule has 560 valence electrons. The van der Waals surface area contributed by atoms with Crippen LogP contribution in [0, 0.1) is 33.5 Å². The van der Waals surface area contributed by atoms with Gasteiger partial charge in [0.2, 0.25) is 29.6 Å². The minimum absolute atomic E-state index is 0.0314. The largest absolute Gasteiger partial charge is 0.418 e. The number of fused-ring (bicyclic) bond motifs is 3. The highest BCUT2D eigenvalue weighted by Crippen LogP contribution is 2.53. The minimum atomic E-state index is -4.80. The number of hydrogen-bond acceptors (Lipinski definition) is 13. The predicted octanol–water partition coefficient (Wildman–Crippen LogP) is 18.2. The van der Waals surface area contributed by atoms with Gasteiger partial charge in [-0.15, -0.1) is 0 Å². The number of carbonyl (C=O) groups excluding carboxylic acids is 6. The smallest absolute Gasteiger partial charge is 0.331 e. The van der Waals surface area contributed by atoms with E-state index < -0.39 is 74.5 Å². The number of imidazole rings is 1. The Morgan fingerprint density at radius 2 is 0.856 bits per heavy atom. The number of pyridine rings is 2. The van der Waals surface area contributed by atoms with Gasteiger partial charge in [0.05, 0.1) is 79.5 Å². The van der Waals surface area contributed by atoms with Crippen LogP contribution in [-0.2, 0) is 43.0 Å². The summed E-state index contributed by atoms with van der Waals surface area (Å²) in [4.78, 5) is 116. The van der Waals surface area contributed by atoms with Gasteiger partial charge in [-0.3, -0.25) is 38.7 Å². The average Bonchev–Trinajstić information content (AvgIpc) is 1.59. The fourth-order valence-electron chi connectivity index (χ4n) is 13.8. The van der Waals surface area contributed by atoms with Crippen LogP contribution in [-0.4, -0.2) is 75.3 Å². The van der Waals surface area contributed by atoms with E-state index in [1.54, 1.807) is 200 Å². The Kier molecular flexibility index (Phi) is 20.0. The lowest BCUT2D eigenvalue weighted by Gasteiger charge is -2.20. The van der Waals surface area contributed by atoms with Crippen LogP contribution in [0.15, 0.2) is 213 Å². The molecule has 0 aliphatic carbocycles. The first-order valence-electron chi connectivity index (χ1n) is 34.7. The van der Waals surface area contributed by atoms with Gasteiger partial charge in [0.25, 0.3) is 17.7 Å². The van der Waals surface area contributed by atoms with Crippen molar-refractivity contribution in [2.24, 2.45) is 0 Å². The molecule has 3 aliphatic heterocycles. The molecule has 0 unspecified atom stereocenters. The van der Waals surface area contributed by atoms with Crippen molar-refractivity contribution >= 4 is 87.3 Å². The van der Waals surface area contributed by atoms with Gasteiger partial charge < -0.3 is 20.9 Å². The number of nitrogens with zero attached hydrogens (tertiary/aromatic N) is 10. The van der Waals surface area contributed by atoms with Crippen LogP contribution in [0.4, 0.5) is 82.6 Å². The molecule has 5 aromatic heterocycles. The number of aryl methyl sites for hydroxylation is 4. The maximum Gasteiger partial charge on any atom is 0.418 e. The number of amides is 6. The summed E-state index contributed by atoms with van der Waals surface area (Å²) in [6.07, 6.45) is 0.194. The maximum absolute atomic E-state index is 16.1. The summed E-state index contributed by atoms with van der Waals surface area (Å²) in [5.74, 6) is -2.91. The predicted molar refractivity (Wildman–Crippen MR) is 406 cm³/mol. The molecule has 111 heavy (non-hydrogen) atoms. The van der Waals surface area contributed by atoms with Crippen molar-refractivity contribution in [3.8, 4) is 33.6 Å². The van der Waals surface area contributed by atoms with Crippen LogP contribution in [0.25, 0.3) is 33.6 Å². The van der Waals surface area contributed by atoms with E-state index in [0.29, 0.717) is 85.1 Å². The van der Waals surface area contributed by atoms with E-state index in [2.05, 4.69) is 55.8 Å². The summed E-state index contributed by atoms with van der Waals surface area (Å²) in [5.41, 5.74) is 3.42. The van der Waals surface area contributed by atoms with E-state index in [9.17, 15) is 55.1 Å². The number of aromatic amines is 1. The third kappa shape index (κ3) is 14.4. The van der Waals surface area contributed by atoms with Gasteiger partial charge in [0, 0.05) is 75.9 Å². The summed E-state index contributed by atoms with van der Waals surface area (Å²) in [6.45, 7) is 17.9. The molecule has 15 rings (SSSR count). The number of nitrogens with one attached hydrogen (secondary N) is 4. The van der Waals surface area contributed by atoms with Crippen molar-refractivity contribution < 1.29 is 59.5 Å². The van der Waals surface area contributed by atoms with Gasteiger partial charge in [-0.05, 0) is 171 Å². The number of anilines is 9. The van der Waals surface area contributed by atoms with E-state index in [-0.39, 0.29) is 52.1 Å². The van der Waals surface area contributed by atoms with Crippen molar-refractivity contribution in [1.82, 2.24) is 39.9 Å². The molecule has 12 aromatic rings. The number of alkyl halides is 6. The molecular weight excluding hydrogens is 1430 g/mol. The fourth-order valence-corrected chi connectivity index (χ4v) is 13.8. The standard InChI is InChI=1S/C29H25FN4O2.C28H22F3N5O2.C27H22F3N5O2/c1-17-9-12-19(13-10-17)33-26(35)23-18(2)11-14-21(25(23)30)20-7-5-8-22-24(20)29(3,4)27(36)34(22)28-31-15-6-16-32-28;1-16-8-10-17(11-9-16)35-24(37)19-14-21(34-15-20(19)28(29,30)31)18-6-4-7-22-23(18)27(2,3)25(38)36(22)26-32-12-5-13-33-26;1-15-7-9-16(10-8-15)33-24(36)23-18(27(28,29)30)11-12-19(34-23)17-5-4-6-20-22(17)26(2,3)25(37)35(20)21-13-31-14-32-21/h5-16H,1-4H3,(H,33,35);4-15H,1-3H3,(H,35,37);4-14H,1-3H3,(H,31,32)(H,33,36). The lowest BCUT2D eigenvalue weighted by Crippen LogP contribution is -2.34. The van der Waals surface area contributed by atoms with Crippen molar-refractivity contribution in [3.63, 3.8) is 0 Å². The molecule has 7 aromatic carbocycles. The van der Waals surface area contributed by atoms with Crippen LogP contribution >= 0.6 is 0 Å². The van der Waals surface area contributed by atoms with Crippen LogP contribution < -0.4 is 30.7 Å². The summed E-state index contributed by atoms with van der Waals surface area (Å²) in [6, 6.07) is 46.1. The van der Waals surface area contributed by atoms with Gasteiger partial charge in [-0.1, -0.05) is 102 Å². The second-order valence-electron chi connectivity index (χ2n) is 28.2. The molecule has 27 heteroatoms. The number of rotatable bonds is 12. The molecule has 0 atom stereocenters. The lowest BCUT2D eigenvalue weighted by molar-refractivity contribution is -0.138. The number of hydrogen-bond donors (Lipinski definition) is 4. The number of aromatic nitrogens is 8. The van der Waals surface area contributed by atoms with E-state index in [4.69, 9.17) is 0 Å². The zero-order valence-electron chi connectivity index (χ0n) is 61.3. The third-order valence-corrected chi connectivity index (χ3v) is 19.4. The Bertz CT molecular complexity index is 5670. The zero-order chi connectivity index (χ0) is 79.4. The quantitative estimate of drug-likeness (QED) is 0.0831. The highest BCUT2D eigenvalue weighted by molar-refractivity contribution is 6.16. The van der Waals surface area contributed by atoms with Gasteiger partial charge in [-0.25, -0.2) is 44.1 Å². The summed E-state index contributed by atoms with van der Waals surface area (Å²) < 4.78 is 99.3. The number of benzene rings is 7. The molecule has 20 nitrogen and oxygen atoms in total. The second kappa shape index (κ2) is 29.3. The monoisotopic (exact) mass is 1500 g/mol. The van der Waals surface area contributed by atoms with Crippen LogP contribution in [0.3, 0.4) is 0 Å². The topological polar surface area (TPSA) is 254 Å². The first-order chi connectivity index (χ1) is 52.7. The Balaban J connectivity index is 0.000000146. The molecule has 3 aliphatic rings. The molecule has 8 heterocycles. The number of H-pyrrole nitrogens is 1. The molecule has 0 radical (unpaired) electrons. The molecule has 0 spiro atoms. The zero-order valence-corrected chi connectivity index (χ0v) is 61.3. The third-order valence-electron chi connectivity index (χ3n) is 19.4. The van der Waals surface area contributed by atoms with Crippen molar-refractivity contribution in [3.05, 3.63) is 286 Å². The molecule has 0 fully saturated rings. The lowest BCUT2D eigenvalue weighted by atomic mass is 9.80.